The van der Waals surface area contributed by atoms with Gasteiger partial charge in [0, 0.05) is 11.0 Å². The Kier molecular flexibility index (Phi) is 3.67. The minimum Gasteiger partial charge on any atom is -0.258 e. The molecule has 0 saturated heterocycles. The molecule has 0 aliphatic heterocycles. The first-order valence-corrected chi connectivity index (χ1v) is 5.08. The van der Waals surface area contributed by atoms with Gasteiger partial charge in [-0.05, 0) is 12.5 Å². The number of nitrogens with zero attached hydrogens (tertiary/aromatic N) is 2. The second-order valence-electron chi connectivity index (χ2n) is 2.81. The number of hydrogen-bond donors (Lipinski definition) is 0. The lowest BCUT2D eigenvalue weighted by atomic mass is 10.1. The summed E-state index contributed by atoms with van der Waals surface area (Å²) in [5.41, 5.74) is -0.638. The van der Waals surface area contributed by atoms with Crippen LogP contribution in [0.15, 0.2) is 6.20 Å². The molecule has 0 spiro atoms. The fraction of sp³-hybridized carbons (Fsp3) is 0.375. The number of nitro groups is 1. The topological polar surface area (TPSA) is 56.0 Å². The quantitative estimate of drug-likeness (QED) is 0.486. The van der Waals surface area contributed by atoms with Gasteiger partial charge in [-0.3, -0.25) is 15.1 Å². The summed E-state index contributed by atoms with van der Waals surface area (Å²) in [6.45, 7) is 1.53. The molecule has 0 radical (unpaired) electrons. The number of rotatable bonds is 3. The van der Waals surface area contributed by atoms with Crippen LogP contribution in [0, 0.1) is 17.0 Å². The van der Waals surface area contributed by atoms with Crippen molar-refractivity contribution in [3.05, 3.63) is 33.1 Å². The molecule has 0 amide bonds. The molecule has 1 rings (SSSR count). The Hall–Kier alpha value is -1.11. The van der Waals surface area contributed by atoms with Crippen LogP contribution in [0.1, 0.15) is 23.2 Å². The lowest BCUT2D eigenvalue weighted by molar-refractivity contribution is -0.386. The Morgan fingerprint density at radius 2 is 2.27 bits per heavy atom. The third-order valence-corrected chi connectivity index (χ3v) is 2.53. The molecule has 15 heavy (non-hydrogen) atoms. The lowest BCUT2D eigenvalue weighted by Gasteiger charge is -2.08. The van der Waals surface area contributed by atoms with Gasteiger partial charge in [0.25, 0.3) is 12.1 Å². The summed E-state index contributed by atoms with van der Waals surface area (Å²) in [5, 5.41) is 10.6. The molecular formula is C8H7BrF2N2O2. The summed E-state index contributed by atoms with van der Waals surface area (Å²) >= 11 is 3.01. The van der Waals surface area contributed by atoms with E-state index in [9.17, 15) is 18.9 Å². The molecule has 4 nitrogen and oxygen atoms in total. The fourth-order valence-corrected chi connectivity index (χ4v) is 1.92. The molecule has 0 fully saturated rings. The molecular weight excluding hydrogens is 274 g/mol. The lowest BCUT2D eigenvalue weighted by Crippen LogP contribution is -2.04. The van der Waals surface area contributed by atoms with Crippen molar-refractivity contribution in [2.45, 2.75) is 18.7 Å². The third-order valence-electron chi connectivity index (χ3n) is 1.97. The summed E-state index contributed by atoms with van der Waals surface area (Å²) in [4.78, 5) is 13.4. The van der Waals surface area contributed by atoms with E-state index in [1.54, 1.807) is 0 Å². The van der Waals surface area contributed by atoms with Crippen LogP contribution >= 0.6 is 15.9 Å². The van der Waals surface area contributed by atoms with Gasteiger partial charge in [0.05, 0.1) is 4.92 Å². The van der Waals surface area contributed by atoms with Gasteiger partial charge < -0.3 is 0 Å². The van der Waals surface area contributed by atoms with Gasteiger partial charge in [0.15, 0.2) is 0 Å². The SMILES string of the molecule is Cc1ncc([N+](=O)[O-])c(C(F)F)c1CBr. The van der Waals surface area contributed by atoms with Gasteiger partial charge in [-0.2, -0.15) is 0 Å². The second-order valence-corrected chi connectivity index (χ2v) is 3.37. The highest BCUT2D eigenvalue weighted by atomic mass is 79.9. The fourth-order valence-electron chi connectivity index (χ4n) is 1.21. The first kappa shape index (κ1) is 12.0. The molecule has 0 aliphatic carbocycles. The van der Waals surface area contributed by atoms with Crippen molar-refractivity contribution in [1.29, 1.82) is 0 Å². The highest BCUT2D eigenvalue weighted by Gasteiger charge is 2.26. The minimum atomic E-state index is -2.88. The Balaban J connectivity index is 3.49. The molecule has 0 unspecified atom stereocenters. The first-order chi connectivity index (χ1) is 6.99. The number of pyridine rings is 1. The predicted octanol–water partition coefficient (Wildman–Crippen LogP) is 3.13. The van der Waals surface area contributed by atoms with Crippen LogP contribution in [-0.4, -0.2) is 9.91 Å². The number of aromatic nitrogens is 1. The van der Waals surface area contributed by atoms with E-state index in [1.165, 1.54) is 6.92 Å². The van der Waals surface area contributed by atoms with Crippen LogP contribution < -0.4 is 0 Å². The van der Waals surface area contributed by atoms with Gasteiger partial charge in [-0.25, -0.2) is 8.78 Å². The van der Waals surface area contributed by atoms with E-state index in [0.29, 0.717) is 5.69 Å². The molecule has 0 N–H and O–H groups in total. The average Bonchev–Trinajstić information content (AvgIpc) is 2.16. The van der Waals surface area contributed by atoms with Gasteiger partial charge in [0.2, 0.25) is 0 Å². The van der Waals surface area contributed by atoms with Crippen LogP contribution in [-0.2, 0) is 5.33 Å². The molecule has 0 aromatic carbocycles. The molecule has 1 aromatic rings. The maximum absolute atomic E-state index is 12.7. The van der Waals surface area contributed by atoms with E-state index in [0.717, 1.165) is 6.20 Å². The molecule has 1 aromatic heterocycles. The molecule has 82 valence electrons. The maximum atomic E-state index is 12.7. The number of halogens is 3. The highest BCUT2D eigenvalue weighted by molar-refractivity contribution is 9.08. The molecule has 7 heteroatoms. The zero-order valence-corrected chi connectivity index (χ0v) is 9.29. The number of alkyl halides is 3. The van der Waals surface area contributed by atoms with Crippen molar-refractivity contribution in [3.8, 4) is 0 Å². The van der Waals surface area contributed by atoms with Crippen LogP contribution in [0.5, 0.6) is 0 Å². The van der Waals surface area contributed by atoms with Crippen molar-refractivity contribution in [1.82, 2.24) is 4.98 Å². The molecule has 0 atom stereocenters. The number of aryl methyl sites for hydroxylation is 1. The van der Waals surface area contributed by atoms with Gasteiger partial charge in [0.1, 0.15) is 11.8 Å². The van der Waals surface area contributed by atoms with Crippen molar-refractivity contribution in [2.24, 2.45) is 0 Å². The monoisotopic (exact) mass is 280 g/mol. The van der Waals surface area contributed by atoms with Crippen molar-refractivity contribution < 1.29 is 13.7 Å². The van der Waals surface area contributed by atoms with Gasteiger partial charge >= 0.3 is 0 Å². The first-order valence-electron chi connectivity index (χ1n) is 3.96. The van der Waals surface area contributed by atoms with Gasteiger partial charge in [-0.15, -0.1) is 0 Å². The van der Waals surface area contributed by atoms with Crippen LogP contribution in [0.25, 0.3) is 0 Å². The Morgan fingerprint density at radius 3 is 2.67 bits per heavy atom. The zero-order valence-electron chi connectivity index (χ0n) is 7.71. The normalized spacial score (nSPS) is 10.7. The van der Waals surface area contributed by atoms with E-state index in [2.05, 4.69) is 20.9 Å². The van der Waals surface area contributed by atoms with Crippen molar-refractivity contribution >= 4 is 21.6 Å². The second kappa shape index (κ2) is 4.61. The summed E-state index contributed by atoms with van der Waals surface area (Å²) in [7, 11) is 0. The number of hydrogen-bond acceptors (Lipinski definition) is 3. The van der Waals surface area contributed by atoms with E-state index in [4.69, 9.17) is 0 Å². The predicted molar refractivity (Wildman–Crippen MR) is 53.2 cm³/mol. The standard InChI is InChI=1S/C8H7BrF2N2O2/c1-4-5(2-9)7(8(10)11)6(3-12-4)13(14)15/h3,8H,2H2,1H3. The smallest absolute Gasteiger partial charge is 0.258 e. The Bertz CT molecular complexity index is 398. The summed E-state index contributed by atoms with van der Waals surface area (Å²) < 4.78 is 25.3. The highest BCUT2D eigenvalue weighted by Crippen LogP contribution is 2.33. The van der Waals surface area contributed by atoms with E-state index in [-0.39, 0.29) is 10.9 Å². The van der Waals surface area contributed by atoms with E-state index >= 15 is 0 Å². The minimum absolute atomic E-state index is 0.118. The van der Waals surface area contributed by atoms with Crippen molar-refractivity contribution in [2.75, 3.05) is 0 Å². The zero-order chi connectivity index (χ0) is 11.6. The average molecular weight is 281 g/mol. The summed E-state index contributed by atoms with van der Waals surface area (Å²) in [5.74, 6) is 0. The largest absolute Gasteiger partial charge is 0.296 e. The summed E-state index contributed by atoms with van der Waals surface area (Å²) in [6.07, 6.45) is -2.01. The Labute approximate surface area is 92.6 Å². The van der Waals surface area contributed by atoms with Crippen LogP contribution in [0.3, 0.4) is 0 Å². The molecule has 1 heterocycles. The summed E-state index contributed by atoms with van der Waals surface area (Å²) in [6, 6.07) is 0. The van der Waals surface area contributed by atoms with Crippen molar-refractivity contribution in [3.63, 3.8) is 0 Å². The van der Waals surface area contributed by atoms with Gasteiger partial charge in [-0.1, -0.05) is 15.9 Å². The molecule has 0 aliphatic rings. The molecule has 0 bridgehead atoms. The van der Waals surface area contributed by atoms with E-state index in [1.807, 2.05) is 0 Å². The van der Waals surface area contributed by atoms with Crippen LogP contribution in [0.2, 0.25) is 0 Å². The maximum Gasteiger partial charge on any atom is 0.296 e. The Morgan fingerprint density at radius 1 is 1.67 bits per heavy atom. The molecule has 0 saturated carbocycles. The third kappa shape index (κ3) is 2.28. The van der Waals surface area contributed by atoms with Crippen LogP contribution in [0.4, 0.5) is 14.5 Å². The van der Waals surface area contributed by atoms with E-state index < -0.39 is 22.6 Å².